The van der Waals surface area contributed by atoms with E-state index in [4.69, 9.17) is 27.7 Å². The van der Waals surface area contributed by atoms with Crippen molar-refractivity contribution in [2.24, 2.45) is 0 Å². The van der Waals surface area contributed by atoms with E-state index in [1.165, 1.54) is 24.4 Å². The SMILES string of the molecule is Cc1ccc(Cl)cc1S(=O)(=O)Nc1cc(NC(=O)c2cnoc2C)ccc1Cl. The number of carbonyl (C=O) groups excluding carboxylic acids is 1. The Bertz CT molecular complexity index is 1160. The molecule has 1 aromatic heterocycles. The van der Waals surface area contributed by atoms with E-state index in [-0.39, 0.29) is 21.2 Å². The highest BCUT2D eigenvalue weighted by Crippen LogP contribution is 2.29. The summed E-state index contributed by atoms with van der Waals surface area (Å²) in [5, 5.41) is 6.66. The fourth-order valence-corrected chi connectivity index (χ4v) is 4.26. The average molecular weight is 440 g/mol. The summed E-state index contributed by atoms with van der Waals surface area (Å²) in [7, 11) is -3.94. The van der Waals surface area contributed by atoms with Crippen LogP contribution in [-0.4, -0.2) is 19.5 Å². The number of nitrogens with one attached hydrogen (secondary N) is 2. The number of halogens is 2. The standard InChI is InChI=1S/C18H15Cl2N3O4S/c1-10-3-4-12(19)7-17(10)28(25,26)23-16-8-13(5-6-15(16)20)22-18(24)14-9-21-27-11(14)2/h3-9,23H,1-2H3,(H,22,24). The summed E-state index contributed by atoms with van der Waals surface area (Å²) >= 11 is 12.1. The second-order valence-corrected chi connectivity index (χ2v) is 8.45. The number of benzene rings is 2. The minimum atomic E-state index is -3.94. The number of amides is 1. The zero-order valence-corrected chi connectivity index (χ0v) is 17.1. The van der Waals surface area contributed by atoms with Gasteiger partial charge in [0, 0.05) is 10.7 Å². The Morgan fingerprint density at radius 2 is 1.86 bits per heavy atom. The highest BCUT2D eigenvalue weighted by molar-refractivity contribution is 7.92. The van der Waals surface area contributed by atoms with E-state index >= 15 is 0 Å². The van der Waals surface area contributed by atoms with Gasteiger partial charge in [-0.2, -0.15) is 0 Å². The van der Waals surface area contributed by atoms with Crippen LogP contribution in [0.1, 0.15) is 21.7 Å². The molecule has 0 atom stereocenters. The predicted molar refractivity (Wildman–Crippen MR) is 108 cm³/mol. The van der Waals surface area contributed by atoms with Crippen LogP contribution in [0.15, 0.2) is 52.0 Å². The van der Waals surface area contributed by atoms with E-state index in [0.29, 0.717) is 22.0 Å². The number of rotatable bonds is 5. The van der Waals surface area contributed by atoms with Gasteiger partial charge in [0.2, 0.25) is 0 Å². The maximum atomic E-state index is 12.8. The molecule has 146 valence electrons. The molecule has 3 rings (SSSR count). The van der Waals surface area contributed by atoms with Gasteiger partial charge in [-0.3, -0.25) is 9.52 Å². The molecule has 1 amide bonds. The summed E-state index contributed by atoms with van der Waals surface area (Å²) in [6, 6.07) is 9.00. The number of sulfonamides is 1. The van der Waals surface area contributed by atoms with Crippen LogP contribution in [0.2, 0.25) is 10.0 Å². The van der Waals surface area contributed by atoms with Crippen molar-refractivity contribution in [3.63, 3.8) is 0 Å². The first-order chi connectivity index (χ1) is 13.2. The van der Waals surface area contributed by atoms with Crippen molar-refractivity contribution in [1.82, 2.24) is 5.16 Å². The minimum absolute atomic E-state index is 0.0330. The van der Waals surface area contributed by atoms with Crippen LogP contribution in [0, 0.1) is 13.8 Å². The van der Waals surface area contributed by atoms with Gasteiger partial charge in [0.25, 0.3) is 15.9 Å². The van der Waals surface area contributed by atoms with Crippen molar-refractivity contribution >= 4 is 50.5 Å². The molecule has 0 radical (unpaired) electrons. The number of nitrogens with zero attached hydrogens (tertiary/aromatic N) is 1. The fourth-order valence-electron chi connectivity index (χ4n) is 2.46. The minimum Gasteiger partial charge on any atom is -0.361 e. The Kier molecular flexibility index (Phi) is 5.64. The molecule has 0 aliphatic carbocycles. The fraction of sp³-hybridized carbons (Fsp3) is 0.111. The van der Waals surface area contributed by atoms with Crippen molar-refractivity contribution in [2.75, 3.05) is 10.0 Å². The van der Waals surface area contributed by atoms with Gasteiger partial charge in [0.15, 0.2) is 0 Å². The molecule has 2 N–H and O–H groups in total. The van der Waals surface area contributed by atoms with E-state index in [0.717, 1.165) is 0 Å². The summed E-state index contributed by atoms with van der Waals surface area (Å²) in [4.78, 5) is 12.3. The van der Waals surface area contributed by atoms with Crippen LogP contribution in [0.5, 0.6) is 0 Å². The Labute approximate surface area is 171 Å². The van der Waals surface area contributed by atoms with E-state index in [1.54, 1.807) is 32.0 Å². The molecule has 7 nitrogen and oxygen atoms in total. The third-order valence-corrected chi connectivity index (χ3v) is 5.98. The smallest absolute Gasteiger partial charge is 0.262 e. The van der Waals surface area contributed by atoms with Crippen molar-refractivity contribution in [1.29, 1.82) is 0 Å². The van der Waals surface area contributed by atoms with Crippen LogP contribution in [-0.2, 0) is 10.0 Å². The molecule has 0 aliphatic rings. The number of hydrogen-bond donors (Lipinski definition) is 2. The van der Waals surface area contributed by atoms with Crippen LogP contribution in [0.4, 0.5) is 11.4 Å². The highest BCUT2D eigenvalue weighted by atomic mass is 35.5. The number of aryl methyl sites for hydroxylation is 2. The van der Waals surface area contributed by atoms with Gasteiger partial charge in [0.1, 0.15) is 11.3 Å². The molecule has 28 heavy (non-hydrogen) atoms. The molecular weight excluding hydrogens is 425 g/mol. The van der Waals surface area contributed by atoms with E-state index in [2.05, 4.69) is 15.2 Å². The molecule has 10 heteroatoms. The number of anilines is 2. The Morgan fingerprint density at radius 3 is 2.54 bits per heavy atom. The van der Waals surface area contributed by atoms with Gasteiger partial charge in [0.05, 0.1) is 21.8 Å². The second-order valence-electron chi connectivity index (χ2n) is 5.96. The Morgan fingerprint density at radius 1 is 1.11 bits per heavy atom. The summed E-state index contributed by atoms with van der Waals surface area (Å²) < 4.78 is 32.8. The first-order valence-corrected chi connectivity index (χ1v) is 10.2. The quantitative estimate of drug-likeness (QED) is 0.602. The molecule has 0 aliphatic heterocycles. The molecule has 3 aromatic rings. The van der Waals surface area contributed by atoms with Crippen molar-refractivity contribution in [3.8, 4) is 0 Å². The largest absolute Gasteiger partial charge is 0.361 e. The first kappa shape index (κ1) is 20.2. The van der Waals surface area contributed by atoms with Crippen LogP contribution in [0.3, 0.4) is 0 Å². The van der Waals surface area contributed by atoms with Crippen molar-refractivity contribution < 1.29 is 17.7 Å². The summed E-state index contributed by atoms with van der Waals surface area (Å²) in [6.45, 7) is 3.26. The lowest BCUT2D eigenvalue weighted by Gasteiger charge is -2.13. The first-order valence-electron chi connectivity index (χ1n) is 7.98. The third-order valence-electron chi connectivity index (χ3n) is 3.90. The summed E-state index contributed by atoms with van der Waals surface area (Å²) in [5.74, 6) is -0.0793. The molecule has 0 saturated carbocycles. The van der Waals surface area contributed by atoms with Gasteiger partial charge < -0.3 is 9.84 Å². The Balaban J connectivity index is 1.88. The van der Waals surface area contributed by atoms with Crippen LogP contribution >= 0.6 is 23.2 Å². The molecule has 1 heterocycles. The molecule has 0 spiro atoms. The summed E-state index contributed by atoms with van der Waals surface area (Å²) in [6.07, 6.45) is 1.30. The zero-order valence-electron chi connectivity index (χ0n) is 14.8. The van der Waals surface area contributed by atoms with Gasteiger partial charge in [-0.05, 0) is 49.7 Å². The molecule has 0 bridgehead atoms. The van der Waals surface area contributed by atoms with Crippen molar-refractivity contribution in [3.05, 3.63) is 69.5 Å². The summed E-state index contributed by atoms with van der Waals surface area (Å²) in [5.41, 5.74) is 1.25. The lowest BCUT2D eigenvalue weighted by Crippen LogP contribution is -2.16. The van der Waals surface area contributed by atoms with Crippen LogP contribution < -0.4 is 10.0 Å². The lowest BCUT2D eigenvalue weighted by molar-refractivity contribution is 0.102. The normalized spacial score (nSPS) is 11.3. The highest BCUT2D eigenvalue weighted by Gasteiger charge is 2.20. The molecule has 2 aromatic carbocycles. The van der Waals surface area contributed by atoms with E-state index < -0.39 is 15.9 Å². The van der Waals surface area contributed by atoms with Crippen LogP contribution in [0.25, 0.3) is 0 Å². The van der Waals surface area contributed by atoms with E-state index in [9.17, 15) is 13.2 Å². The Hall–Kier alpha value is -2.55. The lowest BCUT2D eigenvalue weighted by atomic mass is 10.2. The van der Waals surface area contributed by atoms with E-state index in [1.807, 2.05) is 0 Å². The number of hydrogen-bond acceptors (Lipinski definition) is 5. The van der Waals surface area contributed by atoms with Gasteiger partial charge >= 0.3 is 0 Å². The number of carbonyl (C=O) groups is 1. The second kappa shape index (κ2) is 7.83. The molecule has 0 saturated heterocycles. The third kappa shape index (κ3) is 4.30. The topological polar surface area (TPSA) is 101 Å². The van der Waals surface area contributed by atoms with Gasteiger partial charge in [-0.15, -0.1) is 0 Å². The average Bonchev–Trinajstić information content (AvgIpc) is 3.06. The predicted octanol–water partition coefficient (Wildman–Crippen LogP) is 4.65. The molecule has 0 unspecified atom stereocenters. The molecule has 0 fully saturated rings. The molecular formula is C18H15Cl2N3O4S. The maximum Gasteiger partial charge on any atom is 0.262 e. The zero-order chi connectivity index (χ0) is 20.5. The van der Waals surface area contributed by atoms with Gasteiger partial charge in [-0.25, -0.2) is 8.42 Å². The monoisotopic (exact) mass is 439 g/mol. The maximum absolute atomic E-state index is 12.8. The van der Waals surface area contributed by atoms with Crippen molar-refractivity contribution in [2.45, 2.75) is 18.7 Å². The number of aromatic nitrogens is 1. The van der Waals surface area contributed by atoms with Gasteiger partial charge in [-0.1, -0.05) is 34.4 Å².